The lowest BCUT2D eigenvalue weighted by molar-refractivity contribution is -0.176. The van der Waals surface area contributed by atoms with Crippen molar-refractivity contribution < 1.29 is 17.9 Å². The number of ether oxygens (including phenoxy) is 1. The Morgan fingerprint density at radius 1 is 1.26 bits per heavy atom. The van der Waals surface area contributed by atoms with Crippen LogP contribution in [0.15, 0.2) is 41.4 Å². The second-order valence-electron chi connectivity index (χ2n) is 4.94. The van der Waals surface area contributed by atoms with Crippen LogP contribution in [0.1, 0.15) is 18.1 Å². The Kier molecular flexibility index (Phi) is 9.89. The first-order valence-corrected chi connectivity index (χ1v) is 6.67. The van der Waals surface area contributed by atoms with E-state index < -0.39 is 12.8 Å². The average molecular weight is 443 g/mol. The number of rotatable bonds is 7. The lowest BCUT2D eigenvalue weighted by Crippen LogP contribution is -2.32. The summed E-state index contributed by atoms with van der Waals surface area (Å²) in [6, 6.07) is 6.97. The molecule has 4 nitrogen and oxygen atoms in total. The van der Waals surface area contributed by atoms with E-state index >= 15 is 0 Å². The van der Waals surface area contributed by atoms with E-state index in [1.807, 2.05) is 6.92 Å². The predicted molar refractivity (Wildman–Crippen MR) is 95.7 cm³/mol. The number of hydrogen-bond donors (Lipinski definition) is 2. The van der Waals surface area contributed by atoms with Crippen LogP contribution in [0, 0.1) is 0 Å². The van der Waals surface area contributed by atoms with Crippen molar-refractivity contribution in [1.82, 2.24) is 5.32 Å². The molecule has 1 aromatic rings. The van der Waals surface area contributed by atoms with Crippen molar-refractivity contribution in [2.75, 3.05) is 13.2 Å². The van der Waals surface area contributed by atoms with E-state index in [1.165, 1.54) is 0 Å². The summed E-state index contributed by atoms with van der Waals surface area (Å²) in [5.74, 6) is 0.320. The molecule has 0 unspecified atom stereocenters. The van der Waals surface area contributed by atoms with Crippen molar-refractivity contribution in [3.8, 4) is 0 Å². The zero-order chi connectivity index (χ0) is 16.6. The minimum Gasteiger partial charge on any atom is -0.370 e. The summed E-state index contributed by atoms with van der Waals surface area (Å²) in [6.07, 6.45) is -4.30. The third-order valence-electron chi connectivity index (χ3n) is 2.56. The normalized spacial score (nSPS) is 11.7. The third kappa shape index (κ3) is 11.0. The fraction of sp³-hybridized carbons (Fsp3) is 0.400. The zero-order valence-electron chi connectivity index (χ0n) is 12.8. The first-order chi connectivity index (χ1) is 10.3. The molecule has 0 aliphatic carbocycles. The smallest absolute Gasteiger partial charge is 0.370 e. The monoisotopic (exact) mass is 443 g/mol. The average Bonchev–Trinajstić information content (AvgIpc) is 2.43. The molecule has 1 aromatic carbocycles. The molecule has 0 aromatic heterocycles. The van der Waals surface area contributed by atoms with Gasteiger partial charge in [0.2, 0.25) is 0 Å². The summed E-state index contributed by atoms with van der Waals surface area (Å²) in [5, 5.41) is 2.91. The summed E-state index contributed by atoms with van der Waals surface area (Å²) >= 11 is 0. The van der Waals surface area contributed by atoms with Crippen LogP contribution in [-0.2, 0) is 17.9 Å². The largest absolute Gasteiger partial charge is 0.411 e. The highest BCUT2D eigenvalue weighted by atomic mass is 127. The highest BCUT2D eigenvalue weighted by Crippen LogP contribution is 2.15. The molecular formula is C15H21F3IN3O. The van der Waals surface area contributed by atoms with Crippen molar-refractivity contribution in [2.24, 2.45) is 10.7 Å². The number of nitrogens with one attached hydrogen (secondary N) is 1. The molecule has 0 atom stereocenters. The highest BCUT2D eigenvalue weighted by Gasteiger charge is 2.27. The van der Waals surface area contributed by atoms with Gasteiger partial charge >= 0.3 is 6.18 Å². The molecule has 0 radical (unpaired) electrons. The van der Waals surface area contributed by atoms with Crippen LogP contribution >= 0.6 is 24.0 Å². The molecule has 8 heteroatoms. The molecule has 3 N–H and O–H groups in total. The summed E-state index contributed by atoms with van der Waals surface area (Å²) in [5.41, 5.74) is 8.20. The van der Waals surface area contributed by atoms with Crippen LogP contribution in [-0.4, -0.2) is 25.3 Å². The Morgan fingerprint density at radius 2 is 1.83 bits per heavy atom. The summed E-state index contributed by atoms with van der Waals surface area (Å²) < 4.78 is 40.4. The standard InChI is InChI=1S/C15H20F3N3O.HI/c1-11(2)7-20-14(19)21-8-12-3-5-13(6-4-12)9-22-10-15(16,17)18;/h3-6H,1,7-10H2,2H3,(H3,19,20,21);1H. The maximum absolute atomic E-state index is 11.9. The number of benzene rings is 1. The third-order valence-corrected chi connectivity index (χ3v) is 2.56. The molecule has 0 saturated carbocycles. The van der Waals surface area contributed by atoms with Crippen LogP contribution in [0.25, 0.3) is 0 Å². The SMILES string of the molecule is C=C(C)CNC(N)=NCc1ccc(COCC(F)(F)F)cc1.I. The second kappa shape index (κ2) is 10.5. The molecule has 0 amide bonds. The summed E-state index contributed by atoms with van der Waals surface area (Å²) in [7, 11) is 0. The maximum atomic E-state index is 11.9. The number of guanidine groups is 1. The Morgan fingerprint density at radius 3 is 2.35 bits per heavy atom. The van der Waals surface area contributed by atoms with Gasteiger partial charge in [0.1, 0.15) is 6.61 Å². The first-order valence-electron chi connectivity index (χ1n) is 6.67. The van der Waals surface area contributed by atoms with Gasteiger partial charge in [-0.05, 0) is 18.1 Å². The van der Waals surface area contributed by atoms with Crippen molar-refractivity contribution in [3.63, 3.8) is 0 Å². The number of nitrogens with zero attached hydrogens (tertiary/aromatic N) is 1. The van der Waals surface area contributed by atoms with Gasteiger partial charge in [-0.1, -0.05) is 36.4 Å². The number of aliphatic imine (C=N–C) groups is 1. The first kappa shape index (κ1) is 21.7. The quantitative estimate of drug-likeness (QED) is 0.294. The second-order valence-corrected chi connectivity index (χ2v) is 4.94. The van der Waals surface area contributed by atoms with Gasteiger partial charge in [-0.3, -0.25) is 0 Å². The van der Waals surface area contributed by atoms with Gasteiger partial charge in [0.25, 0.3) is 0 Å². The van der Waals surface area contributed by atoms with E-state index in [0.29, 0.717) is 24.6 Å². The number of halogens is 4. The summed E-state index contributed by atoms with van der Waals surface area (Å²) in [6.45, 7) is 5.24. The summed E-state index contributed by atoms with van der Waals surface area (Å²) in [4.78, 5) is 4.15. The Hall–Kier alpha value is -1.29. The number of hydrogen-bond acceptors (Lipinski definition) is 2. The van der Waals surface area contributed by atoms with Crippen molar-refractivity contribution in [3.05, 3.63) is 47.5 Å². The maximum Gasteiger partial charge on any atom is 0.411 e. The van der Waals surface area contributed by atoms with E-state index in [1.54, 1.807) is 24.3 Å². The molecule has 23 heavy (non-hydrogen) atoms. The lowest BCUT2D eigenvalue weighted by atomic mass is 10.1. The highest BCUT2D eigenvalue weighted by molar-refractivity contribution is 14.0. The molecule has 0 fully saturated rings. The van der Waals surface area contributed by atoms with Gasteiger partial charge in [-0.25, -0.2) is 4.99 Å². The van der Waals surface area contributed by atoms with Crippen LogP contribution < -0.4 is 11.1 Å². The predicted octanol–water partition coefficient (Wildman–Crippen LogP) is 3.36. The molecule has 0 heterocycles. The fourth-order valence-corrected chi connectivity index (χ4v) is 1.50. The Balaban J connectivity index is 0.00000484. The number of nitrogens with two attached hydrogens (primary N) is 1. The molecule has 0 saturated heterocycles. The van der Waals surface area contributed by atoms with Crippen molar-refractivity contribution >= 4 is 29.9 Å². The fourth-order valence-electron chi connectivity index (χ4n) is 1.50. The molecule has 0 aliphatic rings. The minimum atomic E-state index is -4.30. The molecule has 0 aliphatic heterocycles. The molecule has 1 rings (SSSR count). The van der Waals surface area contributed by atoms with Crippen LogP contribution in [0.3, 0.4) is 0 Å². The van der Waals surface area contributed by atoms with Crippen molar-refractivity contribution in [2.45, 2.75) is 26.3 Å². The lowest BCUT2D eigenvalue weighted by Gasteiger charge is -2.08. The van der Waals surface area contributed by atoms with Crippen LogP contribution in [0.2, 0.25) is 0 Å². The number of alkyl halides is 3. The van der Waals surface area contributed by atoms with E-state index in [2.05, 4.69) is 21.6 Å². The van der Waals surface area contributed by atoms with E-state index in [9.17, 15) is 13.2 Å². The van der Waals surface area contributed by atoms with E-state index in [-0.39, 0.29) is 30.6 Å². The van der Waals surface area contributed by atoms with Gasteiger partial charge in [-0.15, -0.1) is 24.0 Å². The molecule has 0 spiro atoms. The van der Waals surface area contributed by atoms with Crippen LogP contribution in [0.4, 0.5) is 13.2 Å². The van der Waals surface area contributed by atoms with Gasteiger partial charge in [0, 0.05) is 6.54 Å². The van der Waals surface area contributed by atoms with E-state index in [4.69, 9.17) is 5.73 Å². The van der Waals surface area contributed by atoms with Gasteiger partial charge < -0.3 is 15.8 Å². The van der Waals surface area contributed by atoms with E-state index in [0.717, 1.165) is 11.1 Å². The molecule has 0 bridgehead atoms. The van der Waals surface area contributed by atoms with Gasteiger partial charge in [0.05, 0.1) is 13.2 Å². The van der Waals surface area contributed by atoms with Gasteiger partial charge in [-0.2, -0.15) is 13.2 Å². The van der Waals surface area contributed by atoms with Crippen molar-refractivity contribution in [1.29, 1.82) is 0 Å². The van der Waals surface area contributed by atoms with Gasteiger partial charge in [0.15, 0.2) is 5.96 Å². The Bertz CT molecular complexity index is 516. The Labute approximate surface area is 151 Å². The minimum absolute atomic E-state index is 0. The topological polar surface area (TPSA) is 59.6 Å². The van der Waals surface area contributed by atoms with Crippen LogP contribution in [0.5, 0.6) is 0 Å². The molecular weight excluding hydrogens is 422 g/mol. The zero-order valence-corrected chi connectivity index (χ0v) is 15.2. The molecule has 130 valence electrons.